The third kappa shape index (κ3) is 4.98. The van der Waals surface area contributed by atoms with Crippen LogP contribution in [0.3, 0.4) is 0 Å². The largest absolute Gasteiger partial charge is 0.508 e. The van der Waals surface area contributed by atoms with Gasteiger partial charge in [0.1, 0.15) is 41.3 Å². The molecule has 2 saturated heterocycles. The van der Waals surface area contributed by atoms with Crippen molar-refractivity contribution < 1.29 is 29.3 Å². The van der Waals surface area contributed by atoms with Gasteiger partial charge >= 0.3 is 11.9 Å². The molecule has 5 aromatic carbocycles. The minimum atomic E-state index is -1.82. The fraction of sp³-hybridized carbons (Fsp3) is 0.167. The molecule has 0 saturated carbocycles. The van der Waals surface area contributed by atoms with Crippen LogP contribution in [0.4, 0.5) is 5.69 Å². The molecule has 0 aliphatic carbocycles. The van der Waals surface area contributed by atoms with Gasteiger partial charge in [0.15, 0.2) is 0 Å². The number of benzene rings is 5. The van der Waals surface area contributed by atoms with Gasteiger partial charge in [-0.2, -0.15) is 0 Å². The van der Waals surface area contributed by atoms with E-state index in [0.29, 0.717) is 22.4 Å². The molecule has 2 fully saturated rings. The Morgan fingerprint density at radius 1 is 0.830 bits per heavy atom. The van der Waals surface area contributed by atoms with E-state index >= 15 is 0 Å². The predicted molar refractivity (Wildman–Crippen MR) is 193 cm³/mol. The number of carboxylic acid groups (broad SMARTS) is 1. The van der Waals surface area contributed by atoms with Gasteiger partial charge in [0, 0.05) is 11.3 Å². The molecule has 11 nitrogen and oxygen atoms in total. The van der Waals surface area contributed by atoms with Crippen LogP contribution < -0.4 is 5.32 Å². The summed E-state index contributed by atoms with van der Waals surface area (Å²) in [5.41, 5.74) is 3.21. The molecule has 4 heterocycles. The zero-order chi connectivity index (χ0) is 36.3. The maximum atomic E-state index is 14.8. The average molecular weight is 702 g/mol. The number of rotatable bonds is 5. The molecule has 6 aromatic rings. The third-order valence-electron chi connectivity index (χ3n) is 10.7. The minimum Gasteiger partial charge on any atom is -0.508 e. The Morgan fingerprint density at radius 3 is 2.26 bits per heavy atom. The fourth-order valence-corrected chi connectivity index (χ4v) is 8.56. The molecular formula is C42H31N5O6. The van der Waals surface area contributed by atoms with Crippen LogP contribution in [0.2, 0.25) is 0 Å². The Hall–Kier alpha value is -6.77. The summed E-state index contributed by atoms with van der Waals surface area (Å²) in [7, 11) is 0. The van der Waals surface area contributed by atoms with E-state index in [-0.39, 0.29) is 12.3 Å². The van der Waals surface area contributed by atoms with Crippen LogP contribution >= 0.6 is 0 Å². The van der Waals surface area contributed by atoms with Crippen molar-refractivity contribution in [1.82, 2.24) is 19.9 Å². The van der Waals surface area contributed by atoms with Crippen molar-refractivity contribution >= 4 is 34.6 Å². The van der Waals surface area contributed by atoms with E-state index in [1.807, 2.05) is 89.8 Å². The first-order chi connectivity index (χ1) is 25.9. The molecule has 3 aliphatic rings. The van der Waals surface area contributed by atoms with Crippen LogP contribution in [0.15, 0.2) is 127 Å². The highest BCUT2D eigenvalue weighted by Gasteiger charge is 2.74. The molecule has 53 heavy (non-hydrogen) atoms. The highest BCUT2D eigenvalue weighted by Crippen LogP contribution is 2.64. The maximum Gasteiger partial charge on any atom is 0.325 e. The Morgan fingerprint density at radius 2 is 1.53 bits per heavy atom. The first-order valence-electron chi connectivity index (χ1n) is 17.2. The summed E-state index contributed by atoms with van der Waals surface area (Å²) >= 11 is 0. The molecular weight excluding hydrogens is 670 g/mol. The number of carboxylic acids is 1. The number of nitrogens with zero attached hydrogens (tertiary/aromatic N) is 4. The average Bonchev–Trinajstić information content (AvgIpc) is 3.83. The van der Waals surface area contributed by atoms with E-state index in [9.17, 15) is 24.6 Å². The number of carbonyl (C=O) groups excluding carboxylic acids is 2. The number of carbonyl (C=O) groups is 3. The molecule has 3 aliphatic heterocycles. The van der Waals surface area contributed by atoms with Crippen molar-refractivity contribution in [3.05, 3.63) is 155 Å². The van der Waals surface area contributed by atoms with Crippen LogP contribution in [0.5, 0.6) is 5.75 Å². The van der Waals surface area contributed by atoms with E-state index in [4.69, 9.17) is 4.74 Å². The predicted octanol–water partition coefficient (Wildman–Crippen LogP) is 5.54. The summed E-state index contributed by atoms with van der Waals surface area (Å²) in [6.07, 6.45) is -0.833. The summed E-state index contributed by atoms with van der Waals surface area (Å²) in [5, 5.41) is 32.9. The molecule has 0 radical (unpaired) electrons. The summed E-state index contributed by atoms with van der Waals surface area (Å²) in [5.74, 6) is 2.15. The summed E-state index contributed by atoms with van der Waals surface area (Å²) in [6.45, 7) is 0.245. The van der Waals surface area contributed by atoms with Gasteiger partial charge in [-0.25, -0.2) is 4.68 Å². The number of morpholine rings is 1. The van der Waals surface area contributed by atoms with Crippen molar-refractivity contribution in [2.75, 3.05) is 5.32 Å². The zero-order valence-electron chi connectivity index (χ0n) is 28.0. The minimum absolute atomic E-state index is 0.000881. The quantitative estimate of drug-likeness (QED) is 0.156. The lowest BCUT2D eigenvalue weighted by Gasteiger charge is -2.46. The molecule has 3 N–H and O–H groups in total. The normalized spacial score (nSPS) is 24.6. The van der Waals surface area contributed by atoms with E-state index in [1.165, 1.54) is 12.1 Å². The molecule has 1 spiro atoms. The van der Waals surface area contributed by atoms with Crippen LogP contribution in [-0.4, -0.2) is 54.0 Å². The van der Waals surface area contributed by atoms with Crippen molar-refractivity contribution in [2.24, 2.45) is 5.92 Å². The van der Waals surface area contributed by atoms with Crippen LogP contribution in [0.25, 0.3) is 11.0 Å². The number of aromatic nitrogens is 3. The Labute approximate surface area is 303 Å². The van der Waals surface area contributed by atoms with Crippen molar-refractivity contribution in [3.8, 4) is 17.6 Å². The number of esters is 1. The van der Waals surface area contributed by atoms with Gasteiger partial charge in [-0.1, -0.05) is 102 Å². The first-order valence-corrected chi connectivity index (χ1v) is 17.2. The van der Waals surface area contributed by atoms with Gasteiger partial charge in [0.25, 0.3) is 0 Å². The molecule has 1 aromatic heterocycles. The number of cyclic esters (lactones) is 1. The lowest BCUT2D eigenvalue weighted by atomic mass is 9.65. The van der Waals surface area contributed by atoms with E-state index < -0.39 is 53.4 Å². The zero-order valence-corrected chi connectivity index (χ0v) is 28.0. The summed E-state index contributed by atoms with van der Waals surface area (Å²) in [6, 6.07) is 34.9. The lowest BCUT2D eigenvalue weighted by Crippen LogP contribution is -2.52. The Bertz CT molecular complexity index is 2470. The van der Waals surface area contributed by atoms with Crippen molar-refractivity contribution in [3.63, 3.8) is 0 Å². The van der Waals surface area contributed by atoms with Gasteiger partial charge in [-0.3, -0.25) is 19.3 Å². The number of nitrogens with one attached hydrogen (secondary N) is 1. The first kappa shape index (κ1) is 32.2. The standard InChI is InChI=1S/C42H31N5O6/c48-29-20-18-28(19-21-29)38-42(30-24-25(17-22-31(30)43-41(42)52)10-9-23-46-33-16-8-7-15-32(33)44-45-46)34(39(49)50)36-40(51)53-37(27-13-5-2-6-14-27)35(47(36)38)26-11-3-1-4-12-26/h1-8,11-22,24,34-38,48H,23H2,(H,43,52)(H,49,50). The number of aliphatic carboxylic acids is 1. The molecule has 11 heteroatoms. The van der Waals surface area contributed by atoms with Gasteiger partial charge in [0.2, 0.25) is 5.91 Å². The second-order valence-corrected chi connectivity index (χ2v) is 13.4. The van der Waals surface area contributed by atoms with Crippen LogP contribution in [0.1, 0.15) is 46.0 Å². The molecule has 1 amide bonds. The molecule has 6 atom stereocenters. The Kier molecular flexibility index (Phi) is 7.57. The Balaban J connectivity index is 1.25. The van der Waals surface area contributed by atoms with E-state index in [1.54, 1.807) is 35.0 Å². The second kappa shape index (κ2) is 12.5. The molecule has 9 rings (SSSR count). The van der Waals surface area contributed by atoms with Crippen molar-refractivity contribution in [2.45, 2.75) is 36.2 Å². The monoisotopic (exact) mass is 701 g/mol. The number of ether oxygens (including phenoxy) is 1. The third-order valence-corrected chi connectivity index (χ3v) is 10.7. The highest BCUT2D eigenvalue weighted by atomic mass is 16.6. The number of phenolic OH excluding ortho intramolecular Hbond substituents is 1. The SMILES string of the molecule is O=C1OC(c2ccccc2)C(c2ccccc2)N2C1C(C(=O)O)C1(C(=O)Nc3ccc(C#CCn4nnc5ccccc54)cc31)C2c1ccc(O)cc1. The number of aromatic hydroxyl groups is 1. The number of anilines is 1. The van der Waals surface area contributed by atoms with Gasteiger partial charge in [-0.05, 0) is 64.7 Å². The van der Waals surface area contributed by atoms with Gasteiger partial charge in [0.05, 0.1) is 17.6 Å². The number of para-hydroxylation sites is 1. The number of amides is 1. The van der Waals surface area contributed by atoms with Gasteiger partial charge < -0.3 is 20.3 Å². The van der Waals surface area contributed by atoms with Crippen LogP contribution in [-0.2, 0) is 31.1 Å². The molecule has 0 bridgehead atoms. The topological polar surface area (TPSA) is 147 Å². The fourth-order valence-electron chi connectivity index (χ4n) is 8.56. The number of hydrogen-bond acceptors (Lipinski definition) is 8. The molecule has 260 valence electrons. The summed E-state index contributed by atoms with van der Waals surface area (Å²) in [4.78, 5) is 44.8. The molecule has 6 unspecified atom stereocenters. The number of phenols is 1. The van der Waals surface area contributed by atoms with Gasteiger partial charge in [-0.15, -0.1) is 5.10 Å². The lowest BCUT2D eigenvalue weighted by molar-refractivity contribution is -0.179. The smallest absolute Gasteiger partial charge is 0.325 e. The number of fused-ring (bicyclic) bond motifs is 4. The van der Waals surface area contributed by atoms with Crippen molar-refractivity contribution in [1.29, 1.82) is 0 Å². The van der Waals surface area contributed by atoms with E-state index in [2.05, 4.69) is 27.5 Å². The highest BCUT2D eigenvalue weighted by molar-refractivity contribution is 6.11. The van der Waals surface area contributed by atoms with E-state index in [0.717, 1.165) is 22.2 Å². The maximum absolute atomic E-state index is 14.8. The number of hydrogen-bond donors (Lipinski definition) is 3. The second-order valence-electron chi connectivity index (χ2n) is 13.4. The van der Waals surface area contributed by atoms with Crippen LogP contribution in [0, 0.1) is 17.8 Å². The summed E-state index contributed by atoms with van der Waals surface area (Å²) < 4.78 is 7.95.